The summed E-state index contributed by atoms with van der Waals surface area (Å²) in [7, 11) is 0. The van der Waals surface area contributed by atoms with Crippen molar-refractivity contribution in [2.24, 2.45) is 10.9 Å². The molecule has 0 radical (unpaired) electrons. The van der Waals surface area contributed by atoms with Gasteiger partial charge in [-0.1, -0.05) is 6.92 Å². The first-order chi connectivity index (χ1) is 5.24. The van der Waals surface area contributed by atoms with Crippen LogP contribution in [-0.4, -0.2) is 18.3 Å². The number of nitrogens with zero attached hydrogens (tertiary/aromatic N) is 2. The van der Waals surface area contributed by atoms with E-state index in [0.717, 1.165) is 0 Å². The fourth-order valence-corrected chi connectivity index (χ4v) is 0.734. The van der Waals surface area contributed by atoms with Gasteiger partial charge in [0.2, 0.25) is 5.96 Å². The third-order valence-corrected chi connectivity index (χ3v) is 1.44. The lowest BCUT2D eigenvalue weighted by Gasteiger charge is -2.18. The maximum absolute atomic E-state index is 8.22. The quantitative estimate of drug-likeness (QED) is 0.326. The van der Waals surface area contributed by atoms with E-state index in [2.05, 4.69) is 15.6 Å². The number of guanidine groups is 1. The molecule has 0 saturated carbocycles. The maximum atomic E-state index is 8.22. The Balaban J connectivity index is 2.60. The van der Waals surface area contributed by atoms with Crippen molar-refractivity contribution < 1.29 is 0 Å². The summed E-state index contributed by atoms with van der Waals surface area (Å²) in [5, 5.41) is 20.6. The zero-order valence-electron chi connectivity index (χ0n) is 6.18. The second-order valence-corrected chi connectivity index (χ2v) is 2.37. The van der Waals surface area contributed by atoms with Crippen molar-refractivity contribution in [3.05, 3.63) is 0 Å². The summed E-state index contributed by atoms with van der Waals surface area (Å²) in [5.74, 6) is 0.896. The van der Waals surface area contributed by atoms with Crippen LogP contribution in [0, 0.1) is 22.8 Å². The predicted octanol–water partition coefficient (Wildman–Crippen LogP) is -0.370. The number of nitriles is 1. The molecule has 0 saturated heterocycles. The number of hydrogen-bond acceptors (Lipinski definition) is 4. The number of nitrogens with one attached hydrogen (secondary N) is 3. The van der Waals surface area contributed by atoms with Crippen LogP contribution in [0.25, 0.3) is 0 Å². The molecule has 0 aromatic heterocycles. The smallest absolute Gasteiger partial charge is 0.210 e. The summed E-state index contributed by atoms with van der Waals surface area (Å²) in [6.07, 6.45) is 1.73. The van der Waals surface area contributed by atoms with Gasteiger partial charge in [-0.3, -0.25) is 15.7 Å². The van der Waals surface area contributed by atoms with E-state index in [1.165, 1.54) is 0 Å². The summed E-state index contributed by atoms with van der Waals surface area (Å²) < 4.78 is 0. The number of rotatable bonds is 0. The third-order valence-electron chi connectivity index (χ3n) is 1.44. The number of aliphatic imine (C=N–C) groups is 1. The van der Waals surface area contributed by atoms with Gasteiger partial charge in [-0.05, 0) is 0 Å². The van der Waals surface area contributed by atoms with E-state index in [1.54, 1.807) is 6.19 Å². The van der Waals surface area contributed by atoms with Gasteiger partial charge in [0.1, 0.15) is 5.84 Å². The van der Waals surface area contributed by atoms with Crippen molar-refractivity contribution in [3.8, 4) is 6.19 Å². The molecule has 11 heavy (non-hydrogen) atoms. The lowest BCUT2D eigenvalue weighted by atomic mass is 10.1. The summed E-state index contributed by atoms with van der Waals surface area (Å²) in [5.41, 5.74) is 0. The minimum Gasteiger partial charge on any atom is -0.314 e. The maximum Gasteiger partial charge on any atom is 0.210 e. The van der Waals surface area contributed by atoms with Crippen molar-refractivity contribution in [2.45, 2.75) is 6.92 Å². The summed E-state index contributed by atoms with van der Waals surface area (Å²) >= 11 is 0. The second kappa shape index (κ2) is 3.01. The molecule has 1 unspecified atom stereocenters. The van der Waals surface area contributed by atoms with Gasteiger partial charge in [0.25, 0.3) is 0 Å². The first-order valence-corrected chi connectivity index (χ1v) is 3.29. The van der Waals surface area contributed by atoms with E-state index in [-0.39, 0.29) is 5.92 Å². The highest BCUT2D eigenvalue weighted by molar-refractivity contribution is 6.01. The van der Waals surface area contributed by atoms with Gasteiger partial charge in [-0.25, -0.2) is 0 Å². The lowest BCUT2D eigenvalue weighted by Crippen LogP contribution is -2.45. The monoisotopic (exact) mass is 151 g/mol. The molecule has 0 aliphatic carbocycles. The zero-order chi connectivity index (χ0) is 8.27. The zero-order valence-corrected chi connectivity index (χ0v) is 6.18. The van der Waals surface area contributed by atoms with Gasteiger partial charge >= 0.3 is 0 Å². The summed E-state index contributed by atoms with van der Waals surface area (Å²) in [6.45, 7) is 2.47. The van der Waals surface area contributed by atoms with Crippen LogP contribution in [0.1, 0.15) is 6.92 Å². The van der Waals surface area contributed by atoms with E-state index in [9.17, 15) is 0 Å². The minimum atomic E-state index is 0.124. The molecule has 1 rings (SSSR count). The molecule has 1 aliphatic rings. The van der Waals surface area contributed by atoms with Crippen LogP contribution in [0.3, 0.4) is 0 Å². The predicted molar refractivity (Wildman–Crippen MR) is 41.1 cm³/mol. The standard InChI is InChI=1S/C6H9N5/c1-4-2-9-6(10-3-7)11-5(4)8/h4H,2H2,1H3,(H3,8,9,10,11). The Hall–Kier alpha value is -1.57. The Labute approximate surface area is 64.6 Å². The molecule has 1 atom stereocenters. The van der Waals surface area contributed by atoms with Gasteiger partial charge in [-0.2, -0.15) is 5.26 Å². The molecule has 0 aromatic carbocycles. The Morgan fingerprint density at radius 3 is 3.18 bits per heavy atom. The first kappa shape index (κ1) is 7.54. The third kappa shape index (κ3) is 1.67. The van der Waals surface area contributed by atoms with E-state index in [1.807, 2.05) is 6.92 Å². The van der Waals surface area contributed by atoms with Crippen LogP contribution in [-0.2, 0) is 0 Å². The van der Waals surface area contributed by atoms with Gasteiger partial charge in [0.05, 0.1) is 6.54 Å². The van der Waals surface area contributed by atoms with E-state index < -0.39 is 0 Å². The topological polar surface area (TPSA) is 84.1 Å². The minimum absolute atomic E-state index is 0.124. The molecule has 0 aromatic rings. The molecule has 5 heteroatoms. The molecule has 1 aliphatic heterocycles. The van der Waals surface area contributed by atoms with Crippen molar-refractivity contribution in [1.29, 1.82) is 10.7 Å². The van der Waals surface area contributed by atoms with E-state index in [0.29, 0.717) is 18.3 Å². The van der Waals surface area contributed by atoms with Crippen LogP contribution in [0.5, 0.6) is 0 Å². The van der Waals surface area contributed by atoms with E-state index >= 15 is 0 Å². The summed E-state index contributed by atoms with van der Waals surface area (Å²) in [4.78, 5) is 3.98. The van der Waals surface area contributed by atoms with Gasteiger partial charge in [0.15, 0.2) is 6.19 Å². The molecule has 0 spiro atoms. The average Bonchev–Trinajstić information content (AvgIpc) is 1.98. The van der Waals surface area contributed by atoms with Crippen LogP contribution in [0.2, 0.25) is 0 Å². The highest BCUT2D eigenvalue weighted by Gasteiger charge is 2.15. The van der Waals surface area contributed by atoms with Gasteiger partial charge in [0, 0.05) is 5.92 Å². The fraction of sp³-hybridized carbons (Fsp3) is 0.500. The first-order valence-electron chi connectivity index (χ1n) is 3.29. The SMILES string of the molecule is CC1CN=C(NC#N)NC1=N. The average molecular weight is 151 g/mol. The molecule has 58 valence electrons. The summed E-state index contributed by atoms with van der Waals surface area (Å²) in [6, 6.07) is 0. The highest BCUT2D eigenvalue weighted by Crippen LogP contribution is 1.99. The Kier molecular flexibility index (Phi) is 2.06. The van der Waals surface area contributed by atoms with Gasteiger partial charge < -0.3 is 5.32 Å². The van der Waals surface area contributed by atoms with Gasteiger partial charge in [-0.15, -0.1) is 0 Å². The van der Waals surface area contributed by atoms with Crippen LogP contribution in [0.4, 0.5) is 0 Å². The fourth-order valence-electron chi connectivity index (χ4n) is 0.734. The largest absolute Gasteiger partial charge is 0.314 e. The Bertz CT molecular complexity index is 236. The van der Waals surface area contributed by atoms with Crippen LogP contribution < -0.4 is 10.6 Å². The molecular formula is C6H9N5. The molecule has 5 nitrogen and oxygen atoms in total. The molecular weight excluding hydrogens is 142 g/mol. The second-order valence-electron chi connectivity index (χ2n) is 2.37. The van der Waals surface area contributed by atoms with Crippen LogP contribution >= 0.6 is 0 Å². The highest BCUT2D eigenvalue weighted by atomic mass is 15.2. The normalized spacial score (nSPS) is 23.1. The van der Waals surface area contributed by atoms with Crippen LogP contribution in [0.15, 0.2) is 4.99 Å². The Morgan fingerprint density at radius 1 is 1.91 bits per heavy atom. The molecule has 1 heterocycles. The molecule has 0 fully saturated rings. The Morgan fingerprint density at radius 2 is 2.64 bits per heavy atom. The van der Waals surface area contributed by atoms with Crippen molar-refractivity contribution in [3.63, 3.8) is 0 Å². The lowest BCUT2D eigenvalue weighted by molar-refractivity contribution is 0.728. The number of hydrogen-bond donors (Lipinski definition) is 3. The molecule has 0 bridgehead atoms. The van der Waals surface area contributed by atoms with Crippen molar-refractivity contribution in [1.82, 2.24) is 10.6 Å². The van der Waals surface area contributed by atoms with Crippen molar-refractivity contribution in [2.75, 3.05) is 6.54 Å². The van der Waals surface area contributed by atoms with Crippen molar-refractivity contribution >= 4 is 11.8 Å². The molecule has 3 N–H and O–H groups in total. The number of amidine groups is 1. The molecule has 0 amide bonds. The van der Waals surface area contributed by atoms with E-state index in [4.69, 9.17) is 10.7 Å².